The molecule has 0 saturated heterocycles. The number of anilines is 1. The molecule has 0 aliphatic carbocycles. The molecule has 2 rings (SSSR count). The lowest BCUT2D eigenvalue weighted by atomic mass is 10.1. The molecule has 2 aromatic rings. The van der Waals surface area contributed by atoms with Gasteiger partial charge in [-0.2, -0.15) is 0 Å². The first-order valence-electron chi connectivity index (χ1n) is 6.22. The molecule has 1 amide bonds. The fraction of sp³-hybridized carbons (Fsp3) is 0.267. The van der Waals surface area contributed by atoms with E-state index >= 15 is 0 Å². The highest BCUT2D eigenvalue weighted by molar-refractivity contribution is 6.02. The van der Waals surface area contributed by atoms with Crippen molar-refractivity contribution in [3.63, 3.8) is 0 Å². The second-order valence-electron chi connectivity index (χ2n) is 4.69. The monoisotopic (exact) mass is 258 g/mol. The van der Waals surface area contributed by atoms with Crippen LogP contribution in [-0.2, 0) is 0 Å². The predicted molar refractivity (Wildman–Crippen MR) is 75.2 cm³/mol. The van der Waals surface area contributed by atoms with E-state index in [1.54, 1.807) is 12.1 Å². The summed E-state index contributed by atoms with van der Waals surface area (Å²) < 4.78 is 5.41. The van der Waals surface area contributed by atoms with Crippen molar-refractivity contribution < 1.29 is 9.21 Å². The van der Waals surface area contributed by atoms with E-state index in [9.17, 15) is 4.79 Å². The standard InChI is InChI=1S/C15H18N2O2/c1-9-5-4-6-12(10(9)2)17-15(18)14-8-7-13(19-14)11(3)16/h4-8,11H,16H2,1-3H3,(H,17,18). The summed E-state index contributed by atoms with van der Waals surface area (Å²) in [7, 11) is 0. The van der Waals surface area contributed by atoms with Crippen molar-refractivity contribution in [3.8, 4) is 0 Å². The van der Waals surface area contributed by atoms with Crippen LogP contribution in [0.4, 0.5) is 5.69 Å². The van der Waals surface area contributed by atoms with Gasteiger partial charge in [-0.3, -0.25) is 4.79 Å². The molecule has 0 aliphatic heterocycles. The number of carbonyl (C=O) groups excluding carboxylic acids is 1. The predicted octanol–water partition coefficient (Wildman–Crippen LogP) is 3.17. The maximum atomic E-state index is 12.1. The van der Waals surface area contributed by atoms with Crippen molar-refractivity contribution in [3.05, 3.63) is 53.0 Å². The first-order chi connectivity index (χ1) is 8.99. The second-order valence-corrected chi connectivity index (χ2v) is 4.69. The Balaban J connectivity index is 2.18. The lowest BCUT2D eigenvalue weighted by Crippen LogP contribution is -2.12. The molecule has 3 N–H and O–H groups in total. The van der Waals surface area contributed by atoms with Gasteiger partial charge in [0, 0.05) is 5.69 Å². The van der Waals surface area contributed by atoms with E-state index in [-0.39, 0.29) is 17.7 Å². The maximum absolute atomic E-state index is 12.1. The molecule has 0 saturated carbocycles. The molecule has 4 nitrogen and oxygen atoms in total. The number of aryl methyl sites for hydroxylation is 1. The lowest BCUT2D eigenvalue weighted by molar-refractivity contribution is 0.0994. The fourth-order valence-electron chi connectivity index (χ4n) is 1.79. The number of rotatable bonds is 3. The van der Waals surface area contributed by atoms with Crippen LogP contribution in [0.3, 0.4) is 0 Å². The zero-order valence-corrected chi connectivity index (χ0v) is 11.4. The summed E-state index contributed by atoms with van der Waals surface area (Å²) in [5.74, 6) is 0.611. The van der Waals surface area contributed by atoms with Gasteiger partial charge >= 0.3 is 0 Å². The Morgan fingerprint density at radius 3 is 2.63 bits per heavy atom. The zero-order chi connectivity index (χ0) is 14.0. The van der Waals surface area contributed by atoms with Crippen molar-refractivity contribution in [2.75, 3.05) is 5.32 Å². The number of nitrogens with two attached hydrogens (primary N) is 1. The SMILES string of the molecule is Cc1cccc(NC(=O)c2ccc(C(C)N)o2)c1C. The smallest absolute Gasteiger partial charge is 0.291 e. The molecule has 1 aromatic carbocycles. The van der Waals surface area contributed by atoms with E-state index < -0.39 is 0 Å². The van der Waals surface area contributed by atoms with Crippen LogP contribution in [0, 0.1) is 13.8 Å². The normalized spacial score (nSPS) is 12.2. The summed E-state index contributed by atoms with van der Waals surface area (Å²) in [6, 6.07) is 8.93. The summed E-state index contributed by atoms with van der Waals surface area (Å²) in [4.78, 5) is 12.1. The number of amides is 1. The largest absolute Gasteiger partial charge is 0.454 e. The molecular formula is C15H18N2O2. The van der Waals surface area contributed by atoms with E-state index in [1.807, 2.05) is 39.0 Å². The molecule has 0 radical (unpaired) electrons. The topological polar surface area (TPSA) is 68.3 Å². The number of hydrogen-bond donors (Lipinski definition) is 2. The van der Waals surface area contributed by atoms with Crippen molar-refractivity contribution in [2.24, 2.45) is 5.73 Å². The minimum Gasteiger partial charge on any atom is -0.454 e. The van der Waals surface area contributed by atoms with Crippen molar-refractivity contribution >= 4 is 11.6 Å². The van der Waals surface area contributed by atoms with Gasteiger partial charge in [-0.05, 0) is 50.1 Å². The third-order valence-electron chi connectivity index (χ3n) is 3.15. The van der Waals surface area contributed by atoms with Crippen LogP contribution in [0.25, 0.3) is 0 Å². The Morgan fingerprint density at radius 1 is 1.26 bits per heavy atom. The van der Waals surface area contributed by atoms with Gasteiger partial charge in [0.25, 0.3) is 5.91 Å². The van der Waals surface area contributed by atoms with Crippen molar-refractivity contribution in [1.82, 2.24) is 0 Å². The summed E-state index contributed by atoms with van der Waals surface area (Å²) in [5.41, 5.74) is 8.68. The molecule has 100 valence electrons. The van der Waals surface area contributed by atoms with Crippen LogP contribution in [0.2, 0.25) is 0 Å². The molecule has 0 fully saturated rings. The van der Waals surface area contributed by atoms with E-state index in [4.69, 9.17) is 10.2 Å². The van der Waals surface area contributed by atoms with Crippen LogP contribution in [0.15, 0.2) is 34.7 Å². The number of nitrogens with one attached hydrogen (secondary N) is 1. The molecule has 0 bridgehead atoms. The van der Waals surface area contributed by atoms with Crippen LogP contribution >= 0.6 is 0 Å². The van der Waals surface area contributed by atoms with Crippen LogP contribution < -0.4 is 11.1 Å². The van der Waals surface area contributed by atoms with Gasteiger partial charge in [-0.1, -0.05) is 12.1 Å². The van der Waals surface area contributed by atoms with Crippen molar-refractivity contribution in [1.29, 1.82) is 0 Å². The minimum atomic E-state index is -0.263. The van der Waals surface area contributed by atoms with E-state index in [2.05, 4.69) is 5.32 Å². The van der Waals surface area contributed by atoms with Gasteiger partial charge in [0.1, 0.15) is 5.76 Å². The van der Waals surface area contributed by atoms with E-state index in [0.29, 0.717) is 5.76 Å². The number of benzene rings is 1. The Bertz CT molecular complexity index is 600. The first kappa shape index (κ1) is 13.4. The van der Waals surface area contributed by atoms with Gasteiger partial charge in [0.2, 0.25) is 0 Å². The summed E-state index contributed by atoms with van der Waals surface area (Å²) in [6.07, 6.45) is 0. The molecule has 1 unspecified atom stereocenters. The number of furan rings is 1. The third kappa shape index (κ3) is 2.85. The van der Waals surface area contributed by atoms with Gasteiger partial charge in [-0.25, -0.2) is 0 Å². The highest BCUT2D eigenvalue weighted by Gasteiger charge is 2.14. The highest BCUT2D eigenvalue weighted by Crippen LogP contribution is 2.20. The average molecular weight is 258 g/mol. The Kier molecular flexibility index (Phi) is 3.71. The minimum absolute atomic E-state index is 0.220. The molecule has 1 aromatic heterocycles. The van der Waals surface area contributed by atoms with Gasteiger partial charge in [0.15, 0.2) is 5.76 Å². The van der Waals surface area contributed by atoms with Gasteiger partial charge < -0.3 is 15.5 Å². The third-order valence-corrected chi connectivity index (χ3v) is 3.15. The van der Waals surface area contributed by atoms with Gasteiger partial charge in [0.05, 0.1) is 6.04 Å². The second kappa shape index (κ2) is 5.28. The molecule has 4 heteroatoms. The number of carbonyl (C=O) groups is 1. The van der Waals surface area contributed by atoms with E-state index in [1.165, 1.54) is 0 Å². The fourth-order valence-corrected chi connectivity index (χ4v) is 1.79. The quantitative estimate of drug-likeness (QED) is 0.888. The molecule has 0 spiro atoms. The molecule has 1 heterocycles. The van der Waals surface area contributed by atoms with Crippen molar-refractivity contribution in [2.45, 2.75) is 26.8 Å². The summed E-state index contributed by atoms with van der Waals surface area (Å²) in [6.45, 7) is 5.79. The van der Waals surface area contributed by atoms with E-state index in [0.717, 1.165) is 16.8 Å². The summed E-state index contributed by atoms with van der Waals surface area (Å²) in [5, 5.41) is 2.85. The average Bonchev–Trinajstić information content (AvgIpc) is 2.84. The molecule has 19 heavy (non-hydrogen) atoms. The molecule has 1 atom stereocenters. The lowest BCUT2D eigenvalue weighted by Gasteiger charge is -2.09. The number of hydrogen-bond acceptors (Lipinski definition) is 3. The zero-order valence-electron chi connectivity index (χ0n) is 11.4. The summed E-state index contributed by atoms with van der Waals surface area (Å²) >= 11 is 0. The van der Waals surface area contributed by atoms with Crippen LogP contribution in [0.5, 0.6) is 0 Å². The highest BCUT2D eigenvalue weighted by atomic mass is 16.4. The molecular weight excluding hydrogens is 240 g/mol. The van der Waals surface area contributed by atoms with Crippen LogP contribution in [0.1, 0.15) is 40.4 Å². The Hall–Kier alpha value is -2.07. The maximum Gasteiger partial charge on any atom is 0.291 e. The Labute approximate surface area is 112 Å². The van der Waals surface area contributed by atoms with Crippen LogP contribution in [-0.4, -0.2) is 5.91 Å². The first-order valence-corrected chi connectivity index (χ1v) is 6.22. The Morgan fingerprint density at radius 2 is 2.00 bits per heavy atom. The molecule has 0 aliphatic rings. The van der Waals surface area contributed by atoms with Gasteiger partial charge in [-0.15, -0.1) is 0 Å².